The van der Waals surface area contributed by atoms with E-state index >= 15 is 0 Å². The Kier molecular flexibility index (Phi) is 2.54. The number of nitrogens with zero attached hydrogens (tertiary/aromatic N) is 2. The first-order valence-electron chi connectivity index (χ1n) is 6.83. The summed E-state index contributed by atoms with van der Waals surface area (Å²) in [5.41, 5.74) is 3.73. The number of rotatable bonds is 1. The van der Waals surface area contributed by atoms with Gasteiger partial charge in [-0.2, -0.15) is 0 Å². The van der Waals surface area contributed by atoms with Crippen LogP contribution in [0.5, 0.6) is 0 Å². The molecule has 0 unspecified atom stereocenters. The van der Waals surface area contributed by atoms with Crippen LogP contribution in [-0.4, -0.2) is 9.55 Å². The topological polar surface area (TPSA) is 17.8 Å². The lowest BCUT2D eigenvalue weighted by Crippen LogP contribution is -1.87. The number of hydrogen-bond acceptors (Lipinski definition) is 1. The van der Waals surface area contributed by atoms with Gasteiger partial charge in [-0.25, -0.2) is 4.39 Å². The van der Waals surface area contributed by atoms with Crippen LogP contribution in [0.15, 0.2) is 60.9 Å². The average Bonchev–Trinajstić information content (AvgIpc) is 2.81. The van der Waals surface area contributed by atoms with Crippen LogP contribution < -0.4 is 0 Å². The second-order valence-corrected chi connectivity index (χ2v) is 5.16. The number of aryl methyl sites for hydroxylation is 1. The Bertz CT molecular complexity index is 969. The Balaban J connectivity index is 2.07. The minimum atomic E-state index is -0.196. The fourth-order valence-corrected chi connectivity index (χ4v) is 2.92. The third-order valence-electron chi connectivity index (χ3n) is 3.99. The Morgan fingerprint density at radius 3 is 2.67 bits per heavy atom. The summed E-state index contributed by atoms with van der Waals surface area (Å²) >= 11 is 0. The van der Waals surface area contributed by atoms with Gasteiger partial charge in [0.1, 0.15) is 5.82 Å². The van der Waals surface area contributed by atoms with Crippen LogP contribution in [0.1, 0.15) is 0 Å². The summed E-state index contributed by atoms with van der Waals surface area (Å²) in [5, 5.41) is 2.26. The van der Waals surface area contributed by atoms with Crippen molar-refractivity contribution in [2.45, 2.75) is 0 Å². The van der Waals surface area contributed by atoms with Crippen molar-refractivity contribution in [2.24, 2.45) is 7.05 Å². The second kappa shape index (κ2) is 4.42. The van der Waals surface area contributed by atoms with Crippen LogP contribution in [0.4, 0.5) is 4.39 Å². The van der Waals surface area contributed by atoms with E-state index in [9.17, 15) is 4.39 Å². The van der Waals surface area contributed by atoms with Crippen molar-refractivity contribution >= 4 is 21.8 Å². The largest absolute Gasteiger partial charge is 0.342 e. The fourth-order valence-electron chi connectivity index (χ4n) is 2.92. The Labute approximate surface area is 121 Å². The molecular formula is C18H13FN2. The maximum absolute atomic E-state index is 14.0. The van der Waals surface area contributed by atoms with E-state index in [1.54, 1.807) is 12.3 Å². The van der Waals surface area contributed by atoms with Crippen molar-refractivity contribution in [3.05, 3.63) is 66.7 Å². The first kappa shape index (κ1) is 12.1. The van der Waals surface area contributed by atoms with Gasteiger partial charge < -0.3 is 4.57 Å². The molecule has 2 aromatic carbocycles. The monoisotopic (exact) mass is 276 g/mol. The molecule has 4 aromatic rings. The number of pyridine rings is 1. The Hall–Kier alpha value is -2.68. The lowest BCUT2D eigenvalue weighted by molar-refractivity contribution is 0.631. The molecule has 0 bridgehead atoms. The number of fused-ring (bicyclic) bond motifs is 3. The van der Waals surface area contributed by atoms with E-state index in [1.165, 1.54) is 6.07 Å². The standard InChI is InChI=1S/C18H13FN2/c1-21-17-7-6-12(13-4-2-3-5-16(13)19)10-15(17)14-8-9-20-11-18(14)21/h2-11H,1H3. The predicted molar refractivity (Wildman–Crippen MR) is 83.6 cm³/mol. The zero-order valence-electron chi connectivity index (χ0n) is 11.5. The van der Waals surface area contributed by atoms with E-state index in [0.717, 1.165) is 27.4 Å². The molecule has 2 nitrogen and oxygen atoms in total. The molecule has 0 saturated heterocycles. The molecule has 4 rings (SSSR count). The zero-order valence-corrected chi connectivity index (χ0v) is 11.5. The van der Waals surface area contributed by atoms with Gasteiger partial charge in [0.05, 0.1) is 11.7 Å². The van der Waals surface area contributed by atoms with Gasteiger partial charge in [-0.1, -0.05) is 24.3 Å². The van der Waals surface area contributed by atoms with Crippen molar-refractivity contribution < 1.29 is 4.39 Å². The van der Waals surface area contributed by atoms with Crippen molar-refractivity contribution in [2.75, 3.05) is 0 Å². The highest BCUT2D eigenvalue weighted by Gasteiger charge is 2.10. The molecule has 2 aromatic heterocycles. The van der Waals surface area contributed by atoms with E-state index in [-0.39, 0.29) is 5.82 Å². The van der Waals surface area contributed by atoms with Gasteiger partial charge >= 0.3 is 0 Å². The van der Waals surface area contributed by atoms with Gasteiger partial charge in [-0.3, -0.25) is 4.98 Å². The normalized spacial score (nSPS) is 11.3. The molecule has 2 heterocycles. The van der Waals surface area contributed by atoms with Gasteiger partial charge in [0.25, 0.3) is 0 Å². The molecule has 0 aliphatic rings. The molecule has 0 spiro atoms. The van der Waals surface area contributed by atoms with Gasteiger partial charge in [0.2, 0.25) is 0 Å². The van der Waals surface area contributed by atoms with Gasteiger partial charge in [-0.05, 0) is 29.8 Å². The lowest BCUT2D eigenvalue weighted by atomic mass is 10.0. The quantitative estimate of drug-likeness (QED) is 0.499. The van der Waals surface area contributed by atoms with Crippen LogP contribution in [0.3, 0.4) is 0 Å². The van der Waals surface area contributed by atoms with Crippen molar-refractivity contribution in [3.8, 4) is 11.1 Å². The van der Waals surface area contributed by atoms with Crippen LogP contribution in [-0.2, 0) is 7.05 Å². The third kappa shape index (κ3) is 1.74. The van der Waals surface area contributed by atoms with E-state index in [4.69, 9.17) is 0 Å². The van der Waals surface area contributed by atoms with Gasteiger partial charge in [0, 0.05) is 35.1 Å². The zero-order chi connectivity index (χ0) is 14.4. The number of halogens is 1. The second-order valence-electron chi connectivity index (χ2n) is 5.16. The summed E-state index contributed by atoms with van der Waals surface area (Å²) in [5.74, 6) is -0.196. The van der Waals surface area contributed by atoms with Crippen molar-refractivity contribution in [1.29, 1.82) is 0 Å². The summed E-state index contributed by atoms with van der Waals surface area (Å²) < 4.78 is 16.1. The summed E-state index contributed by atoms with van der Waals surface area (Å²) in [6, 6.07) is 14.9. The highest BCUT2D eigenvalue weighted by molar-refractivity contribution is 6.08. The van der Waals surface area contributed by atoms with Crippen LogP contribution in [0.25, 0.3) is 32.9 Å². The minimum absolute atomic E-state index is 0.196. The molecule has 0 amide bonds. The number of hydrogen-bond donors (Lipinski definition) is 0. The molecule has 0 aliphatic heterocycles. The molecule has 0 saturated carbocycles. The van der Waals surface area contributed by atoms with Crippen molar-refractivity contribution in [3.63, 3.8) is 0 Å². The summed E-state index contributed by atoms with van der Waals surface area (Å²) in [6.45, 7) is 0. The van der Waals surface area contributed by atoms with Crippen LogP contribution in [0.2, 0.25) is 0 Å². The molecule has 0 atom stereocenters. The molecule has 102 valence electrons. The summed E-state index contributed by atoms with van der Waals surface area (Å²) in [7, 11) is 2.02. The summed E-state index contributed by atoms with van der Waals surface area (Å²) in [4.78, 5) is 4.18. The molecule has 0 radical (unpaired) electrons. The Morgan fingerprint density at radius 2 is 1.81 bits per heavy atom. The molecule has 0 aliphatic carbocycles. The molecule has 3 heteroatoms. The molecule has 21 heavy (non-hydrogen) atoms. The highest BCUT2D eigenvalue weighted by Crippen LogP contribution is 2.32. The molecule has 0 fully saturated rings. The minimum Gasteiger partial charge on any atom is -0.342 e. The first-order chi connectivity index (χ1) is 10.3. The fraction of sp³-hybridized carbons (Fsp3) is 0.0556. The van der Waals surface area contributed by atoms with E-state index in [1.807, 2.05) is 43.6 Å². The Morgan fingerprint density at radius 1 is 0.952 bits per heavy atom. The van der Waals surface area contributed by atoms with E-state index in [0.29, 0.717) is 5.56 Å². The number of aromatic nitrogens is 2. The van der Waals surface area contributed by atoms with Crippen LogP contribution >= 0.6 is 0 Å². The lowest BCUT2D eigenvalue weighted by Gasteiger charge is -2.04. The van der Waals surface area contributed by atoms with Crippen LogP contribution in [0, 0.1) is 5.82 Å². The number of benzene rings is 2. The van der Waals surface area contributed by atoms with E-state index < -0.39 is 0 Å². The van der Waals surface area contributed by atoms with Crippen molar-refractivity contribution in [1.82, 2.24) is 9.55 Å². The maximum Gasteiger partial charge on any atom is 0.131 e. The smallest absolute Gasteiger partial charge is 0.131 e. The summed E-state index contributed by atoms with van der Waals surface area (Å²) in [6.07, 6.45) is 3.65. The average molecular weight is 276 g/mol. The van der Waals surface area contributed by atoms with E-state index in [2.05, 4.69) is 15.6 Å². The maximum atomic E-state index is 14.0. The molecule has 0 N–H and O–H groups in total. The highest BCUT2D eigenvalue weighted by atomic mass is 19.1. The predicted octanol–water partition coefficient (Wildman–Crippen LogP) is 4.53. The van der Waals surface area contributed by atoms with Gasteiger partial charge in [-0.15, -0.1) is 0 Å². The van der Waals surface area contributed by atoms with Gasteiger partial charge in [0.15, 0.2) is 0 Å². The third-order valence-corrected chi connectivity index (χ3v) is 3.99. The first-order valence-corrected chi connectivity index (χ1v) is 6.83. The molecular weight excluding hydrogens is 263 g/mol. The SMILES string of the molecule is Cn1c2ccc(-c3ccccc3F)cc2c2ccncc21.